The number of aromatic nitrogens is 2. The molecular weight excluding hydrogens is 486 g/mol. The van der Waals surface area contributed by atoms with E-state index in [1.165, 1.54) is 31.0 Å². The highest BCUT2D eigenvalue weighted by Crippen LogP contribution is 2.35. The number of para-hydroxylation sites is 1. The Hall–Kier alpha value is -2.90. The third kappa shape index (κ3) is 6.45. The van der Waals surface area contributed by atoms with Crippen LogP contribution in [0.3, 0.4) is 0 Å². The second-order valence-electron chi connectivity index (χ2n) is 8.84. The maximum absolute atomic E-state index is 13.2. The Labute approximate surface area is 223 Å². The summed E-state index contributed by atoms with van der Waals surface area (Å²) < 4.78 is 8.35. The minimum atomic E-state index is -0.0149. The molecule has 0 N–H and O–H groups in total. The van der Waals surface area contributed by atoms with Crippen molar-refractivity contribution in [2.75, 3.05) is 13.2 Å². The molecule has 36 heavy (non-hydrogen) atoms. The lowest BCUT2D eigenvalue weighted by molar-refractivity contribution is -0.122. The number of amides is 1. The molecule has 1 aromatic heterocycles. The number of rotatable bonds is 12. The van der Waals surface area contributed by atoms with Crippen LogP contribution in [-0.4, -0.2) is 38.1 Å². The zero-order valence-corrected chi connectivity index (χ0v) is 22.6. The molecular formula is C29H33N3O2S2. The molecule has 0 spiro atoms. The van der Waals surface area contributed by atoms with Crippen LogP contribution in [0, 0.1) is 0 Å². The van der Waals surface area contributed by atoms with E-state index in [1.54, 1.807) is 4.90 Å². The quantitative estimate of drug-likeness (QED) is 0.141. The highest BCUT2D eigenvalue weighted by molar-refractivity contribution is 8.26. The maximum Gasteiger partial charge on any atom is 0.266 e. The SMILES string of the molecule is CCCCCCCN1C(=O)C(=Cc2cn(-c3ccccc3)nc2-c2cccc(OCCC)c2)SC1=S. The summed E-state index contributed by atoms with van der Waals surface area (Å²) in [6, 6.07) is 17.9. The predicted molar refractivity (Wildman–Crippen MR) is 153 cm³/mol. The topological polar surface area (TPSA) is 47.4 Å². The fourth-order valence-corrected chi connectivity index (χ4v) is 5.39. The van der Waals surface area contributed by atoms with Crippen molar-refractivity contribution in [1.29, 1.82) is 0 Å². The zero-order valence-electron chi connectivity index (χ0n) is 21.0. The first kappa shape index (κ1) is 26.2. The first-order chi connectivity index (χ1) is 17.6. The Morgan fingerprint density at radius 1 is 1.00 bits per heavy atom. The van der Waals surface area contributed by atoms with Crippen molar-refractivity contribution in [3.63, 3.8) is 0 Å². The van der Waals surface area contributed by atoms with Gasteiger partial charge in [0.25, 0.3) is 5.91 Å². The van der Waals surface area contributed by atoms with E-state index in [0.29, 0.717) is 22.4 Å². The number of carbonyl (C=O) groups is 1. The average molecular weight is 520 g/mol. The highest BCUT2D eigenvalue weighted by atomic mass is 32.2. The van der Waals surface area contributed by atoms with E-state index in [-0.39, 0.29) is 5.91 Å². The lowest BCUT2D eigenvalue weighted by Crippen LogP contribution is -2.29. The van der Waals surface area contributed by atoms with Crippen molar-refractivity contribution in [2.24, 2.45) is 0 Å². The van der Waals surface area contributed by atoms with Gasteiger partial charge < -0.3 is 4.74 Å². The summed E-state index contributed by atoms with van der Waals surface area (Å²) >= 11 is 6.94. The van der Waals surface area contributed by atoms with E-state index in [9.17, 15) is 4.79 Å². The van der Waals surface area contributed by atoms with Crippen molar-refractivity contribution >= 4 is 40.3 Å². The minimum absolute atomic E-state index is 0.0149. The second kappa shape index (κ2) is 12.9. The first-order valence-corrected chi connectivity index (χ1v) is 14.0. The van der Waals surface area contributed by atoms with Crippen LogP contribution in [0.4, 0.5) is 0 Å². The number of hydrogen-bond donors (Lipinski definition) is 0. The Balaban J connectivity index is 1.64. The summed E-state index contributed by atoms with van der Waals surface area (Å²) in [5.41, 5.74) is 3.56. The molecule has 188 valence electrons. The smallest absolute Gasteiger partial charge is 0.266 e. The van der Waals surface area contributed by atoms with Gasteiger partial charge in [0.2, 0.25) is 0 Å². The van der Waals surface area contributed by atoms with Crippen molar-refractivity contribution in [3.05, 3.63) is 71.3 Å². The molecule has 0 unspecified atom stereocenters. The van der Waals surface area contributed by atoms with E-state index in [2.05, 4.69) is 13.8 Å². The molecule has 7 heteroatoms. The summed E-state index contributed by atoms with van der Waals surface area (Å²) in [5.74, 6) is 0.794. The van der Waals surface area contributed by atoms with Crippen LogP contribution in [0.1, 0.15) is 57.9 Å². The normalized spacial score (nSPS) is 14.7. The van der Waals surface area contributed by atoms with Gasteiger partial charge in [-0.15, -0.1) is 0 Å². The van der Waals surface area contributed by atoms with E-state index in [0.717, 1.165) is 47.5 Å². The van der Waals surface area contributed by atoms with Gasteiger partial charge in [0, 0.05) is 23.9 Å². The monoisotopic (exact) mass is 519 g/mol. The van der Waals surface area contributed by atoms with Crippen molar-refractivity contribution in [3.8, 4) is 22.7 Å². The molecule has 0 radical (unpaired) electrons. The molecule has 2 heterocycles. The first-order valence-electron chi connectivity index (χ1n) is 12.7. The van der Waals surface area contributed by atoms with Gasteiger partial charge in [0.05, 0.1) is 17.2 Å². The van der Waals surface area contributed by atoms with Gasteiger partial charge in [-0.25, -0.2) is 4.68 Å². The number of thiocarbonyl (C=S) groups is 1. The van der Waals surface area contributed by atoms with Gasteiger partial charge in [-0.05, 0) is 43.2 Å². The lowest BCUT2D eigenvalue weighted by atomic mass is 10.1. The molecule has 0 saturated carbocycles. The van der Waals surface area contributed by atoms with Crippen LogP contribution in [-0.2, 0) is 4.79 Å². The molecule has 4 rings (SSSR count). The maximum atomic E-state index is 13.2. The van der Waals surface area contributed by atoms with Crippen molar-refractivity contribution in [1.82, 2.24) is 14.7 Å². The summed E-state index contributed by atoms with van der Waals surface area (Å²) in [5, 5.41) is 4.90. The Morgan fingerprint density at radius 3 is 2.58 bits per heavy atom. The van der Waals surface area contributed by atoms with Gasteiger partial charge in [0.1, 0.15) is 15.8 Å². The zero-order chi connectivity index (χ0) is 25.3. The van der Waals surface area contributed by atoms with Crippen LogP contribution in [0.25, 0.3) is 23.0 Å². The van der Waals surface area contributed by atoms with Gasteiger partial charge in [-0.1, -0.05) is 93.8 Å². The summed E-state index contributed by atoms with van der Waals surface area (Å²) in [6.45, 7) is 5.63. The molecule has 5 nitrogen and oxygen atoms in total. The van der Waals surface area contributed by atoms with Crippen molar-refractivity contribution in [2.45, 2.75) is 52.4 Å². The number of hydrogen-bond acceptors (Lipinski definition) is 5. The third-order valence-corrected chi connectivity index (χ3v) is 7.37. The van der Waals surface area contributed by atoms with Gasteiger partial charge in [-0.2, -0.15) is 5.10 Å². The van der Waals surface area contributed by atoms with Crippen molar-refractivity contribution < 1.29 is 9.53 Å². The molecule has 0 atom stereocenters. The minimum Gasteiger partial charge on any atom is -0.494 e. The summed E-state index contributed by atoms with van der Waals surface area (Å²) in [7, 11) is 0. The molecule has 1 aliphatic heterocycles. The Bertz CT molecular complexity index is 1220. The fraction of sp³-hybridized carbons (Fsp3) is 0.345. The molecule has 1 fully saturated rings. The van der Waals surface area contributed by atoms with E-state index < -0.39 is 0 Å². The lowest BCUT2D eigenvalue weighted by Gasteiger charge is -2.13. The summed E-state index contributed by atoms with van der Waals surface area (Å²) in [4.78, 5) is 15.6. The van der Waals surface area contributed by atoms with Crippen LogP contribution in [0.15, 0.2) is 65.7 Å². The van der Waals surface area contributed by atoms with Crippen LogP contribution >= 0.6 is 24.0 Å². The highest BCUT2D eigenvalue weighted by Gasteiger charge is 2.32. The molecule has 0 aliphatic carbocycles. The number of benzene rings is 2. The van der Waals surface area contributed by atoms with E-state index >= 15 is 0 Å². The standard InChI is InChI=1S/C29H33N3O2S2/c1-3-5-6-7-11-17-31-28(33)26(36-29(31)35)20-23-21-32(24-14-9-8-10-15-24)30-27(23)22-13-12-16-25(19-22)34-18-4-2/h8-10,12-16,19-21H,3-7,11,17-18H2,1-2H3. The van der Waals surface area contributed by atoms with Crippen LogP contribution < -0.4 is 4.74 Å². The second-order valence-corrected chi connectivity index (χ2v) is 10.5. The van der Waals surface area contributed by atoms with E-state index in [1.807, 2.05) is 71.6 Å². The van der Waals surface area contributed by atoms with Gasteiger partial charge in [0.15, 0.2) is 0 Å². The largest absolute Gasteiger partial charge is 0.494 e. The Morgan fingerprint density at radius 2 is 1.81 bits per heavy atom. The predicted octanol–water partition coefficient (Wildman–Crippen LogP) is 7.50. The Kier molecular flexibility index (Phi) is 9.36. The number of carbonyl (C=O) groups excluding carboxylic acids is 1. The van der Waals surface area contributed by atoms with E-state index in [4.69, 9.17) is 22.1 Å². The number of ether oxygens (including phenoxy) is 1. The third-order valence-electron chi connectivity index (χ3n) is 5.99. The average Bonchev–Trinajstić information content (AvgIpc) is 3.44. The number of nitrogens with zero attached hydrogens (tertiary/aromatic N) is 3. The molecule has 1 amide bonds. The van der Waals surface area contributed by atoms with Crippen LogP contribution in [0.2, 0.25) is 0 Å². The summed E-state index contributed by atoms with van der Waals surface area (Å²) in [6.07, 6.45) is 10.6. The molecule has 3 aromatic rings. The van der Waals surface area contributed by atoms with Crippen LogP contribution in [0.5, 0.6) is 5.75 Å². The number of unbranched alkanes of at least 4 members (excludes halogenated alkanes) is 4. The van der Waals surface area contributed by atoms with Gasteiger partial charge >= 0.3 is 0 Å². The molecule has 1 saturated heterocycles. The molecule has 2 aromatic carbocycles. The molecule has 0 bridgehead atoms. The van der Waals surface area contributed by atoms with Gasteiger partial charge in [-0.3, -0.25) is 9.69 Å². The molecule has 1 aliphatic rings. The number of thioether (sulfide) groups is 1. The fourth-order valence-electron chi connectivity index (χ4n) is 4.09.